The standard InChI is InChI=1S/C31H37F2N5O5/c1-3-24-26(28(34)40)27(20-10-11-22(32)23(33)18-20)38(30(42)36-24)29(41)35-14-7-15-37-16-12-31(13-17-37,19-25(39)43-2)21-8-5-4-6-9-21/h4-6,8-11,18,27H,3,7,12-17,19H2,1-2H3,(H2,34,40)(H,35,41)(H,36,42). The lowest BCUT2D eigenvalue weighted by Gasteiger charge is -2.42. The molecule has 0 spiro atoms. The number of allylic oxidation sites excluding steroid dienone is 1. The number of nitrogens with two attached hydrogens (primary N) is 1. The summed E-state index contributed by atoms with van der Waals surface area (Å²) in [5.41, 5.74) is 6.59. The molecule has 0 aliphatic carbocycles. The van der Waals surface area contributed by atoms with Gasteiger partial charge in [-0.25, -0.2) is 23.3 Å². The summed E-state index contributed by atoms with van der Waals surface area (Å²) in [6.07, 6.45) is 2.62. The number of hydrogen-bond donors (Lipinski definition) is 3. The van der Waals surface area contributed by atoms with Gasteiger partial charge < -0.3 is 26.0 Å². The van der Waals surface area contributed by atoms with Crippen molar-refractivity contribution in [2.24, 2.45) is 5.73 Å². The summed E-state index contributed by atoms with van der Waals surface area (Å²) in [5, 5.41) is 5.24. The summed E-state index contributed by atoms with van der Waals surface area (Å²) in [5.74, 6) is -3.43. The van der Waals surface area contributed by atoms with Gasteiger partial charge in [-0.3, -0.25) is 9.59 Å². The highest BCUT2D eigenvalue weighted by molar-refractivity contribution is 6.02. The van der Waals surface area contributed by atoms with Crippen molar-refractivity contribution in [3.63, 3.8) is 0 Å². The number of carbonyl (C=O) groups excluding carboxylic acids is 4. The molecule has 1 saturated heterocycles. The number of halogens is 2. The molecule has 1 fully saturated rings. The molecule has 43 heavy (non-hydrogen) atoms. The van der Waals surface area contributed by atoms with Crippen LogP contribution in [0.4, 0.5) is 18.4 Å². The van der Waals surface area contributed by atoms with Crippen LogP contribution in [0.2, 0.25) is 0 Å². The van der Waals surface area contributed by atoms with Gasteiger partial charge in [-0.05, 0) is 68.6 Å². The van der Waals surface area contributed by atoms with Crippen LogP contribution in [-0.2, 0) is 19.7 Å². The smallest absolute Gasteiger partial charge is 0.330 e. The number of piperidine rings is 1. The monoisotopic (exact) mass is 597 g/mol. The third kappa shape index (κ3) is 7.02. The Hall–Kier alpha value is -4.32. The molecule has 2 heterocycles. The van der Waals surface area contributed by atoms with Crippen molar-refractivity contribution in [2.75, 3.05) is 33.3 Å². The van der Waals surface area contributed by atoms with Gasteiger partial charge in [0, 0.05) is 17.7 Å². The van der Waals surface area contributed by atoms with Crippen molar-refractivity contribution in [1.29, 1.82) is 0 Å². The van der Waals surface area contributed by atoms with E-state index in [1.54, 1.807) is 6.92 Å². The molecule has 230 valence electrons. The van der Waals surface area contributed by atoms with Gasteiger partial charge >= 0.3 is 18.0 Å². The van der Waals surface area contributed by atoms with Crippen LogP contribution in [-0.4, -0.2) is 67.0 Å². The van der Waals surface area contributed by atoms with Crippen LogP contribution in [0.1, 0.15) is 56.2 Å². The molecule has 2 aliphatic heterocycles. The second kappa shape index (κ2) is 13.8. The van der Waals surface area contributed by atoms with Crippen LogP contribution >= 0.6 is 0 Å². The summed E-state index contributed by atoms with van der Waals surface area (Å²) in [4.78, 5) is 54.0. The molecule has 0 saturated carbocycles. The molecule has 4 rings (SSSR count). The molecule has 10 nitrogen and oxygen atoms in total. The lowest BCUT2D eigenvalue weighted by Crippen LogP contribution is -2.55. The van der Waals surface area contributed by atoms with E-state index in [-0.39, 0.29) is 41.2 Å². The first-order valence-electron chi connectivity index (χ1n) is 14.3. The highest BCUT2D eigenvalue weighted by Gasteiger charge is 2.42. The highest BCUT2D eigenvalue weighted by Crippen LogP contribution is 2.39. The molecule has 0 aromatic heterocycles. The van der Waals surface area contributed by atoms with Gasteiger partial charge in [-0.1, -0.05) is 43.3 Å². The molecule has 2 aromatic carbocycles. The Labute approximate surface area is 249 Å². The lowest BCUT2D eigenvalue weighted by molar-refractivity contribution is -0.142. The number of esters is 1. The number of primary amides is 1. The van der Waals surface area contributed by atoms with E-state index in [0.29, 0.717) is 19.4 Å². The molecule has 12 heteroatoms. The van der Waals surface area contributed by atoms with E-state index in [1.165, 1.54) is 13.2 Å². The molecule has 1 unspecified atom stereocenters. The predicted molar refractivity (Wildman–Crippen MR) is 154 cm³/mol. The fraction of sp³-hybridized carbons (Fsp3) is 0.419. The number of carbonyl (C=O) groups is 4. The van der Waals surface area contributed by atoms with Gasteiger partial charge in [0.15, 0.2) is 11.6 Å². The summed E-state index contributed by atoms with van der Waals surface area (Å²) in [6.45, 7) is 4.06. The van der Waals surface area contributed by atoms with Crippen molar-refractivity contribution < 1.29 is 32.7 Å². The Morgan fingerprint density at radius 3 is 2.40 bits per heavy atom. The first kappa shape index (κ1) is 31.6. The molecule has 4 N–H and O–H groups in total. The van der Waals surface area contributed by atoms with Crippen molar-refractivity contribution in [2.45, 2.75) is 50.5 Å². The number of methoxy groups -OCH3 is 1. The quantitative estimate of drug-likeness (QED) is 0.281. The van der Waals surface area contributed by atoms with Gasteiger partial charge in [-0.2, -0.15) is 0 Å². The first-order chi connectivity index (χ1) is 20.6. The third-order valence-electron chi connectivity index (χ3n) is 8.27. The summed E-state index contributed by atoms with van der Waals surface area (Å²) in [6, 6.07) is 9.94. The molecule has 1 atom stereocenters. The molecular weight excluding hydrogens is 560 g/mol. The van der Waals surface area contributed by atoms with Crippen LogP contribution in [0.3, 0.4) is 0 Å². The number of likely N-dealkylation sites (tertiary alicyclic amines) is 1. The van der Waals surface area contributed by atoms with Crippen molar-refractivity contribution in [3.8, 4) is 0 Å². The SMILES string of the molecule is CCC1=C(C(N)=O)C(c2ccc(F)c(F)c2)N(C(=O)NCCCN2CCC(CC(=O)OC)(c3ccccc3)CC2)C(=O)N1. The Bertz CT molecular complexity index is 1390. The van der Waals surface area contributed by atoms with Crippen LogP contribution in [0.5, 0.6) is 0 Å². The fourth-order valence-corrected chi connectivity index (χ4v) is 5.93. The molecular formula is C31H37F2N5O5. The maximum Gasteiger partial charge on any atom is 0.330 e. The van der Waals surface area contributed by atoms with E-state index in [4.69, 9.17) is 10.5 Å². The summed E-state index contributed by atoms with van der Waals surface area (Å²) >= 11 is 0. The molecule has 2 aliphatic rings. The topological polar surface area (TPSA) is 134 Å². The zero-order valence-electron chi connectivity index (χ0n) is 24.3. The number of benzene rings is 2. The van der Waals surface area contributed by atoms with Gasteiger partial charge in [0.25, 0.3) is 0 Å². The number of hydrogen-bond acceptors (Lipinski definition) is 6. The summed E-state index contributed by atoms with van der Waals surface area (Å²) < 4.78 is 32.8. The number of urea groups is 2. The van der Waals surface area contributed by atoms with Crippen LogP contribution < -0.4 is 16.4 Å². The number of nitrogens with one attached hydrogen (secondary N) is 2. The Kier molecular flexibility index (Phi) is 10.1. The normalized spacial score (nSPS) is 18.7. The average molecular weight is 598 g/mol. The minimum Gasteiger partial charge on any atom is -0.469 e. The predicted octanol–water partition coefficient (Wildman–Crippen LogP) is 3.88. The summed E-state index contributed by atoms with van der Waals surface area (Å²) in [7, 11) is 1.39. The molecule has 0 bridgehead atoms. The third-order valence-corrected chi connectivity index (χ3v) is 8.27. The van der Waals surface area contributed by atoms with Crippen molar-refractivity contribution in [3.05, 3.63) is 82.6 Å². The van der Waals surface area contributed by atoms with E-state index >= 15 is 0 Å². The lowest BCUT2D eigenvalue weighted by atomic mass is 9.70. The Morgan fingerprint density at radius 1 is 1.09 bits per heavy atom. The highest BCUT2D eigenvalue weighted by atomic mass is 19.2. The number of nitrogens with zero attached hydrogens (tertiary/aromatic N) is 2. The van der Waals surface area contributed by atoms with E-state index in [9.17, 15) is 28.0 Å². The molecule has 2 aromatic rings. The minimum atomic E-state index is -1.33. The fourth-order valence-electron chi connectivity index (χ4n) is 5.93. The Balaban J connectivity index is 1.40. The van der Waals surface area contributed by atoms with Crippen LogP contribution in [0.15, 0.2) is 59.8 Å². The maximum atomic E-state index is 14.2. The van der Waals surface area contributed by atoms with Crippen molar-refractivity contribution >= 4 is 23.9 Å². The zero-order valence-corrected chi connectivity index (χ0v) is 24.3. The van der Waals surface area contributed by atoms with Gasteiger partial charge in [0.1, 0.15) is 6.04 Å². The molecule has 0 radical (unpaired) electrons. The van der Waals surface area contributed by atoms with Crippen LogP contribution in [0, 0.1) is 11.6 Å². The second-order valence-electron chi connectivity index (χ2n) is 10.8. The van der Waals surface area contributed by atoms with E-state index in [0.717, 1.165) is 48.5 Å². The largest absolute Gasteiger partial charge is 0.469 e. The van der Waals surface area contributed by atoms with E-state index < -0.39 is 35.6 Å². The van der Waals surface area contributed by atoms with Crippen molar-refractivity contribution in [1.82, 2.24) is 20.4 Å². The van der Waals surface area contributed by atoms with E-state index in [1.807, 2.05) is 30.3 Å². The number of rotatable bonds is 10. The Morgan fingerprint density at radius 2 is 1.79 bits per heavy atom. The second-order valence-corrected chi connectivity index (χ2v) is 10.8. The molecule has 5 amide bonds. The maximum absolute atomic E-state index is 14.2. The van der Waals surface area contributed by atoms with Gasteiger partial charge in [-0.15, -0.1) is 0 Å². The van der Waals surface area contributed by atoms with Gasteiger partial charge in [0.05, 0.1) is 19.1 Å². The van der Waals surface area contributed by atoms with Crippen LogP contribution in [0.25, 0.3) is 0 Å². The number of ether oxygens (including phenoxy) is 1. The van der Waals surface area contributed by atoms with Gasteiger partial charge in [0.2, 0.25) is 5.91 Å². The zero-order chi connectivity index (χ0) is 31.1. The first-order valence-corrected chi connectivity index (χ1v) is 14.3. The number of amides is 5. The number of imide groups is 1. The average Bonchev–Trinajstić information content (AvgIpc) is 3.00. The minimum absolute atomic E-state index is 0.0332. The van der Waals surface area contributed by atoms with E-state index in [2.05, 4.69) is 15.5 Å².